The number of rotatable bonds is 4. The van der Waals surface area contributed by atoms with Gasteiger partial charge >= 0.3 is 0 Å². The monoisotopic (exact) mass is 301 g/mol. The molecule has 3 N–H and O–H groups in total. The number of nitro groups is 1. The van der Waals surface area contributed by atoms with Gasteiger partial charge in [-0.05, 0) is 6.07 Å². The summed E-state index contributed by atoms with van der Waals surface area (Å²) in [5.41, 5.74) is 6.37. The first kappa shape index (κ1) is 13.2. The van der Waals surface area contributed by atoms with E-state index >= 15 is 0 Å². The number of nitrogens with two attached hydrogens (primary N) is 1. The van der Waals surface area contributed by atoms with Crippen LogP contribution in [0.4, 0.5) is 16.5 Å². The van der Waals surface area contributed by atoms with Crippen molar-refractivity contribution in [1.82, 2.24) is 10.2 Å². The molecule has 0 fully saturated rings. The maximum Gasteiger partial charge on any atom is 0.271 e. The van der Waals surface area contributed by atoms with Gasteiger partial charge in [0.15, 0.2) is 0 Å². The lowest BCUT2D eigenvalue weighted by molar-refractivity contribution is -0.384. The van der Waals surface area contributed by atoms with Gasteiger partial charge in [-0.1, -0.05) is 11.3 Å². The third-order valence-electron chi connectivity index (χ3n) is 2.08. The van der Waals surface area contributed by atoms with Crippen LogP contribution in [0.5, 0.6) is 0 Å². The first-order chi connectivity index (χ1) is 8.90. The highest BCUT2D eigenvalue weighted by Crippen LogP contribution is 2.25. The van der Waals surface area contributed by atoms with Crippen LogP contribution in [0, 0.1) is 10.1 Å². The van der Waals surface area contributed by atoms with Gasteiger partial charge in [0.2, 0.25) is 5.13 Å². The van der Waals surface area contributed by atoms with Crippen molar-refractivity contribution in [1.29, 1.82) is 0 Å². The van der Waals surface area contributed by atoms with Crippen LogP contribution < -0.4 is 10.5 Å². The fourth-order valence-corrected chi connectivity index (χ4v) is 3.09. The molecule has 0 unspecified atom stereocenters. The fraction of sp³-hybridized carbons (Fsp3) is 0. The van der Waals surface area contributed by atoms with Gasteiger partial charge in [0.1, 0.15) is 10.4 Å². The quantitative estimate of drug-likeness (QED) is 0.484. The number of hydrogen-bond acceptors (Lipinski definition) is 8. The molecule has 19 heavy (non-hydrogen) atoms. The minimum absolute atomic E-state index is 0.0813. The first-order valence-electron chi connectivity index (χ1n) is 4.73. The van der Waals surface area contributed by atoms with Crippen LogP contribution in [-0.2, 0) is 10.0 Å². The number of benzene rings is 1. The van der Waals surface area contributed by atoms with Crippen LogP contribution in [0.15, 0.2) is 28.6 Å². The van der Waals surface area contributed by atoms with Gasteiger partial charge < -0.3 is 5.73 Å². The molecule has 0 bridgehead atoms. The molecule has 0 amide bonds. The Hall–Kier alpha value is -2.27. The summed E-state index contributed by atoms with van der Waals surface area (Å²) < 4.78 is 26.1. The molecule has 0 saturated heterocycles. The second-order valence-electron chi connectivity index (χ2n) is 3.33. The molecule has 0 aliphatic carbocycles. The van der Waals surface area contributed by atoms with E-state index < -0.39 is 14.9 Å². The number of aromatic nitrogens is 2. The summed E-state index contributed by atoms with van der Waals surface area (Å²) in [6.07, 6.45) is 0. The number of hydrogen-bond donors (Lipinski definition) is 2. The van der Waals surface area contributed by atoms with Gasteiger partial charge in [-0.3, -0.25) is 14.8 Å². The Balaban J connectivity index is 2.38. The first-order valence-corrected chi connectivity index (χ1v) is 7.09. The van der Waals surface area contributed by atoms with Crippen LogP contribution in [-0.4, -0.2) is 23.5 Å². The number of nitrogens with one attached hydrogen (secondary N) is 1. The average Bonchev–Trinajstić information content (AvgIpc) is 2.80. The van der Waals surface area contributed by atoms with Crippen LogP contribution in [0.2, 0.25) is 0 Å². The molecule has 1 aromatic carbocycles. The number of anilines is 2. The molecular weight excluding hydrogens is 294 g/mol. The topological polar surface area (TPSA) is 141 Å². The predicted molar refractivity (Wildman–Crippen MR) is 68.2 cm³/mol. The number of sulfonamides is 1. The molecule has 0 atom stereocenters. The van der Waals surface area contributed by atoms with E-state index in [4.69, 9.17) is 5.73 Å². The van der Waals surface area contributed by atoms with E-state index in [0.717, 1.165) is 29.5 Å². The van der Waals surface area contributed by atoms with Gasteiger partial charge in [0.25, 0.3) is 15.7 Å². The molecule has 2 rings (SSSR count). The van der Waals surface area contributed by atoms with Crippen molar-refractivity contribution in [3.05, 3.63) is 33.8 Å². The van der Waals surface area contributed by atoms with Gasteiger partial charge in [-0.15, -0.1) is 10.2 Å². The second-order valence-corrected chi connectivity index (χ2v) is 5.81. The molecule has 0 aliphatic rings. The van der Waals surface area contributed by atoms with E-state index in [1.165, 1.54) is 5.51 Å². The fourth-order valence-electron chi connectivity index (χ4n) is 1.28. The van der Waals surface area contributed by atoms with Crippen molar-refractivity contribution in [2.45, 2.75) is 4.90 Å². The van der Waals surface area contributed by atoms with E-state index in [9.17, 15) is 18.5 Å². The standard InChI is InChI=1S/C8H7N5O4S2/c9-6-3-5(13(14)15)1-2-7(6)19(16,17)12-8-11-10-4-18-8/h1-4H,9H2,(H,11,12). The molecular formula is C8H7N5O4S2. The molecule has 0 radical (unpaired) electrons. The lowest BCUT2D eigenvalue weighted by atomic mass is 10.3. The maximum absolute atomic E-state index is 12.0. The molecule has 0 saturated carbocycles. The number of nitrogens with zero attached hydrogens (tertiary/aromatic N) is 3. The van der Waals surface area contributed by atoms with E-state index in [-0.39, 0.29) is 21.4 Å². The van der Waals surface area contributed by atoms with Gasteiger partial charge in [0, 0.05) is 12.1 Å². The molecule has 1 aromatic heterocycles. The Morgan fingerprint density at radius 3 is 2.68 bits per heavy atom. The van der Waals surface area contributed by atoms with Crippen LogP contribution in [0.3, 0.4) is 0 Å². The van der Waals surface area contributed by atoms with Crippen molar-refractivity contribution in [3.8, 4) is 0 Å². The highest BCUT2D eigenvalue weighted by molar-refractivity contribution is 7.93. The van der Waals surface area contributed by atoms with E-state index in [2.05, 4.69) is 14.9 Å². The maximum atomic E-state index is 12.0. The lowest BCUT2D eigenvalue weighted by Crippen LogP contribution is -2.14. The predicted octanol–water partition coefficient (Wildman–Crippen LogP) is 0.829. The van der Waals surface area contributed by atoms with Crippen molar-refractivity contribution in [2.75, 3.05) is 10.5 Å². The minimum atomic E-state index is -3.95. The minimum Gasteiger partial charge on any atom is -0.397 e. The van der Waals surface area contributed by atoms with Gasteiger partial charge in [-0.2, -0.15) is 0 Å². The zero-order valence-corrected chi connectivity index (χ0v) is 10.8. The Bertz CT molecular complexity index is 713. The van der Waals surface area contributed by atoms with Crippen LogP contribution in [0.1, 0.15) is 0 Å². The molecule has 0 aliphatic heterocycles. The Labute approximate surface area is 111 Å². The van der Waals surface area contributed by atoms with Crippen molar-refractivity contribution in [2.24, 2.45) is 0 Å². The summed E-state index contributed by atoms with van der Waals surface area (Å²) in [4.78, 5) is 9.62. The third-order valence-corrected chi connectivity index (χ3v) is 4.22. The van der Waals surface area contributed by atoms with E-state index in [1.807, 2.05) is 0 Å². The SMILES string of the molecule is Nc1cc([N+](=O)[O-])ccc1S(=O)(=O)Nc1nncs1. The molecule has 9 nitrogen and oxygen atoms in total. The summed E-state index contributed by atoms with van der Waals surface area (Å²) in [6, 6.07) is 3.11. The Morgan fingerprint density at radius 1 is 1.42 bits per heavy atom. The lowest BCUT2D eigenvalue weighted by Gasteiger charge is -2.07. The highest BCUT2D eigenvalue weighted by Gasteiger charge is 2.21. The number of non-ortho nitro benzene ring substituents is 1. The summed E-state index contributed by atoms with van der Waals surface area (Å²) in [5, 5.41) is 17.6. The van der Waals surface area contributed by atoms with E-state index in [1.54, 1.807) is 0 Å². The third kappa shape index (κ3) is 2.77. The van der Waals surface area contributed by atoms with E-state index in [0.29, 0.717) is 0 Å². The number of nitrogen functional groups attached to an aromatic ring is 1. The largest absolute Gasteiger partial charge is 0.397 e. The highest BCUT2D eigenvalue weighted by atomic mass is 32.2. The molecule has 0 spiro atoms. The number of nitro benzene ring substituents is 1. The van der Waals surface area contributed by atoms with Crippen molar-refractivity contribution >= 4 is 37.9 Å². The van der Waals surface area contributed by atoms with Crippen LogP contribution >= 0.6 is 11.3 Å². The second kappa shape index (κ2) is 4.78. The molecule has 1 heterocycles. The van der Waals surface area contributed by atoms with Gasteiger partial charge in [-0.25, -0.2) is 8.42 Å². The Morgan fingerprint density at radius 2 is 2.16 bits per heavy atom. The smallest absolute Gasteiger partial charge is 0.271 e. The summed E-state index contributed by atoms with van der Waals surface area (Å²) >= 11 is 0.997. The Kier molecular flexibility index (Phi) is 3.31. The summed E-state index contributed by atoms with van der Waals surface area (Å²) in [7, 11) is -3.95. The van der Waals surface area contributed by atoms with Gasteiger partial charge in [0.05, 0.1) is 10.6 Å². The zero-order valence-electron chi connectivity index (χ0n) is 9.18. The summed E-state index contributed by atoms with van der Waals surface area (Å²) in [6.45, 7) is 0. The molecule has 11 heteroatoms. The average molecular weight is 301 g/mol. The van der Waals surface area contributed by atoms with Crippen molar-refractivity contribution in [3.63, 3.8) is 0 Å². The van der Waals surface area contributed by atoms with Crippen LogP contribution in [0.25, 0.3) is 0 Å². The zero-order chi connectivity index (χ0) is 14.0. The summed E-state index contributed by atoms with van der Waals surface area (Å²) in [5.74, 6) is 0. The van der Waals surface area contributed by atoms with Crippen molar-refractivity contribution < 1.29 is 13.3 Å². The normalized spacial score (nSPS) is 11.2. The molecule has 2 aromatic rings. The molecule has 100 valence electrons.